The van der Waals surface area contributed by atoms with E-state index in [2.05, 4.69) is 0 Å². The second kappa shape index (κ2) is 6.03. The first-order valence-corrected chi connectivity index (χ1v) is 6.13. The zero-order chi connectivity index (χ0) is 13.8. The summed E-state index contributed by atoms with van der Waals surface area (Å²) in [5.74, 6) is -1.74. The Morgan fingerprint density at radius 3 is 2.22 bits per heavy atom. The van der Waals surface area contributed by atoms with Crippen LogP contribution >= 0.6 is 0 Å². The molecule has 1 aromatic carbocycles. The second-order valence-electron chi connectivity index (χ2n) is 4.32. The highest BCUT2D eigenvalue weighted by atomic mass is 19.4. The van der Waals surface area contributed by atoms with Crippen molar-refractivity contribution < 1.29 is 18.0 Å². The Hall–Kier alpha value is -1.32. The molecule has 0 bridgehead atoms. The first-order chi connectivity index (χ1) is 8.40. The number of hydrogen-bond acceptors (Lipinski definition) is 1. The molecule has 0 unspecified atom stereocenters. The van der Waals surface area contributed by atoms with Crippen LogP contribution in [0.2, 0.25) is 0 Å². The predicted molar refractivity (Wildman–Crippen MR) is 64.8 cm³/mol. The molecule has 0 fully saturated rings. The van der Waals surface area contributed by atoms with Crippen molar-refractivity contribution in [2.45, 2.75) is 45.7 Å². The Kier molecular flexibility index (Phi) is 4.93. The number of hydrogen-bond donors (Lipinski definition) is 0. The van der Waals surface area contributed by atoms with Gasteiger partial charge in [-0.25, -0.2) is 0 Å². The van der Waals surface area contributed by atoms with Crippen molar-refractivity contribution in [1.82, 2.24) is 0 Å². The topological polar surface area (TPSA) is 17.1 Å². The highest BCUT2D eigenvalue weighted by Gasteiger charge is 2.40. The summed E-state index contributed by atoms with van der Waals surface area (Å²) in [5, 5.41) is 0. The minimum atomic E-state index is -4.80. The fourth-order valence-corrected chi connectivity index (χ4v) is 1.94. The van der Waals surface area contributed by atoms with E-state index in [1.165, 1.54) is 6.07 Å². The van der Waals surface area contributed by atoms with Crippen LogP contribution in [0.1, 0.15) is 48.2 Å². The lowest BCUT2D eigenvalue weighted by atomic mass is 9.95. The maximum Gasteiger partial charge on any atom is 0.454 e. The largest absolute Gasteiger partial charge is 0.454 e. The number of carbonyl (C=O) groups excluding carboxylic acids is 1. The fraction of sp³-hybridized carbons (Fsp3) is 0.500. The Morgan fingerprint density at radius 2 is 1.72 bits per heavy atom. The van der Waals surface area contributed by atoms with Gasteiger partial charge in [0.2, 0.25) is 0 Å². The minimum absolute atomic E-state index is 0.204. The average Bonchev–Trinajstić information content (AvgIpc) is 2.28. The number of carbonyl (C=O) groups is 1. The Bertz CT molecular complexity index is 422. The quantitative estimate of drug-likeness (QED) is 0.718. The third-order valence-electron chi connectivity index (χ3n) is 2.73. The van der Waals surface area contributed by atoms with Gasteiger partial charge in [0, 0.05) is 5.56 Å². The molecule has 1 rings (SSSR count). The van der Waals surface area contributed by atoms with Crippen molar-refractivity contribution in [3.63, 3.8) is 0 Å². The van der Waals surface area contributed by atoms with Crippen LogP contribution in [0.25, 0.3) is 0 Å². The van der Waals surface area contributed by atoms with Gasteiger partial charge < -0.3 is 0 Å². The molecule has 0 heterocycles. The maximum atomic E-state index is 12.5. The summed E-state index contributed by atoms with van der Waals surface area (Å²) in [4.78, 5) is 11.3. The molecule has 0 aliphatic rings. The van der Waals surface area contributed by atoms with Gasteiger partial charge in [0.15, 0.2) is 0 Å². The number of Topliss-reactive ketones (excluding diaryl/α,β-unsaturated/α-hetero) is 1. The Balaban J connectivity index is 3.14. The SMILES string of the molecule is CCCc1ccc(C(=O)C(F)(F)F)c(CCC)c1. The molecule has 1 aromatic rings. The van der Waals surface area contributed by atoms with Gasteiger partial charge in [-0.3, -0.25) is 4.79 Å². The van der Waals surface area contributed by atoms with Crippen LogP contribution in [0, 0.1) is 0 Å². The molecule has 100 valence electrons. The first kappa shape index (κ1) is 14.7. The van der Waals surface area contributed by atoms with Crippen molar-refractivity contribution >= 4 is 5.78 Å². The molecule has 0 atom stereocenters. The number of aryl methyl sites for hydroxylation is 2. The molecule has 4 heteroatoms. The molecule has 0 saturated carbocycles. The number of benzene rings is 1. The molecular formula is C14H17F3O. The maximum absolute atomic E-state index is 12.5. The van der Waals surface area contributed by atoms with E-state index in [4.69, 9.17) is 0 Å². The van der Waals surface area contributed by atoms with E-state index in [1.807, 2.05) is 13.8 Å². The van der Waals surface area contributed by atoms with Crippen molar-refractivity contribution in [2.75, 3.05) is 0 Å². The van der Waals surface area contributed by atoms with Gasteiger partial charge in [0.1, 0.15) is 0 Å². The van der Waals surface area contributed by atoms with Crippen molar-refractivity contribution in [3.05, 3.63) is 34.9 Å². The zero-order valence-electron chi connectivity index (χ0n) is 10.6. The summed E-state index contributed by atoms with van der Waals surface area (Å²) in [6.07, 6.45) is -1.84. The van der Waals surface area contributed by atoms with Gasteiger partial charge in [-0.05, 0) is 24.0 Å². The van der Waals surface area contributed by atoms with Crippen molar-refractivity contribution in [3.8, 4) is 0 Å². The van der Waals surface area contributed by atoms with Gasteiger partial charge in [-0.2, -0.15) is 13.2 Å². The van der Waals surface area contributed by atoms with Crippen LogP contribution in [0.15, 0.2) is 18.2 Å². The van der Waals surface area contributed by atoms with Crippen LogP contribution in [0.3, 0.4) is 0 Å². The summed E-state index contributed by atoms with van der Waals surface area (Å²) in [5.41, 5.74) is 1.29. The van der Waals surface area contributed by atoms with E-state index in [0.717, 1.165) is 18.4 Å². The van der Waals surface area contributed by atoms with E-state index in [0.29, 0.717) is 18.4 Å². The molecule has 1 nitrogen and oxygen atoms in total. The lowest BCUT2D eigenvalue weighted by molar-refractivity contribution is -0.0885. The molecule has 0 aliphatic heterocycles. The highest BCUT2D eigenvalue weighted by Crippen LogP contribution is 2.25. The number of alkyl halides is 3. The number of ketones is 1. The smallest absolute Gasteiger partial charge is 0.284 e. The van der Waals surface area contributed by atoms with Crippen LogP contribution in [-0.2, 0) is 12.8 Å². The molecular weight excluding hydrogens is 241 g/mol. The van der Waals surface area contributed by atoms with E-state index in [-0.39, 0.29) is 5.56 Å². The molecule has 0 N–H and O–H groups in total. The predicted octanol–water partition coefficient (Wildman–Crippen LogP) is 4.34. The normalized spacial score (nSPS) is 11.6. The standard InChI is InChI=1S/C14H17F3O/c1-3-5-10-7-8-12(11(9-10)6-4-2)13(18)14(15,16)17/h7-9H,3-6H2,1-2H3. The summed E-state index contributed by atoms with van der Waals surface area (Å²) in [7, 11) is 0. The molecule has 0 aliphatic carbocycles. The summed E-state index contributed by atoms with van der Waals surface area (Å²) >= 11 is 0. The zero-order valence-corrected chi connectivity index (χ0v) is 10.6. The van der Waals surface area contributed by atoms with E-state index in [1.54, 1.807) is 12.1 Å². The lowest BCUT2D eigenvalue weighted by Gasteiger charge is -2.12. The van der Waals surface area contributed by atoms with Crippen LogP contribution < -0.4 is 0 Å². The lowest BCUT2D eigenvalue weighted by Crippen LogP contribution is -2.24. The van der Waals surface area contributed by atoms with Crippen LogP contribution in [-0.4, -0.2) is 12.0 Å². The van der Waals surface area contributed by atoms with Gasteiger partial charge in [0.05, 0.1) is 0 Å². The van der Waals surface area contributed by atoms with Crippen LogP contribution in [0.4, 0.5) is 13.2 Å². The highest BCUT2D eigenvalue weighted by molar-refractivity contribution is 6.01. The van der Waals surface area contributed by atoms with E-state index in [9.17, 15) is 18.0 Å². The van der Waals surface area contributed by atoms with Crippen molar-refractivity contribution in [1.29, 1.82) is 0 Å². The summed E-state index contributed by atoms with van der Waals surface area (Å²) in [6, 6.07) is 4.65. The minimum Gasteiger partial charge on any atom is -0.284 e. The molecule has 0 radical (unpaired) electrons. The second-order valence-corrected chi connectivity index (χ2v) is 4.32. The third kappa shape index (κ3) is 3.59. The molecule has 0 saturated heterocycles. The number of halogens is 3. The van der Waals surface area contributed by atoms with Crippen LogP contribution in [0.5, 0.6) is 0 Å². The average molecular weight is 258 g/mol. The fourth-order valence-electron chi connectivity index (χ4n) is 1.94. The van der Waals surface area contributed by atoms with Gasteiger partial charge >= 0.3 is 6.18 Å². The first-order valence-electron chi connectivity index (χ1n) is 6.13. The Morgan fingerprint density at radius 1 is 1.11 bits per heavy atom. The van der Waals surface area contributed by atoms with Gasteiger partial charge in [0.25, 0.3) is 5.78 Å². The Labute approximate surface area is 105 Å². The number of rotatable bonds is 5. The van der Waals surface area contributed by atoms with E-state index < -0.39 is 12.0 Å². The van der Waals surface area contributed by atoms with Gasteiger partial charge in [-0.15, -0.1) is 0 Å². The third-order valence-corrected chi connectivity index (χ3v) is 2.73. The van der Waals surface area contributed by atoms with Gasteiger partial charge in [-0.1, -0.05) is 44.9 Å². The molecule has 0 amide bonds. The molecule has 18 heavy (non-hydrogen) atoms. The summed E-state index contributed by atoms with van der Waals surface area (Å²) < 4.78 is 37.4. The monoisotopic (exact) mass is 258 g/mol. The van der Waals surface area contributed by atoms with Crippen molar-refractivity contribution in [2.24, 2.45) is 0 Å². The molecule has 0 spiro atoms. The van der Waals surface area contributed by atoms with E-state index >= 15 is 0 Å². The molecule has 0 aromatic heterocycles. The summed E-state index contributed by atoms with van der Waals surface area (Å²) in [6.45, 7) is 3.89.